The van der Waals surface area contributed by atoms with Gasteiger partial charge in [-0.3, -0.25) is 4.79 Å². The summed E-state index contributed by atoms with van der Waals surface area (Å²) in [5.74, 6) is 0.408. The first kappa shape index (κ1) is 14.2. The zero-order valence-electron chi connectivity index (χ0n) is 9.31. The van der Waals surface area contributed by atoms with Crippen LogP contribution in [0.4, 0.5) is 0 Å². The first-order valence-electron chi connectivity index (χ1n) is 4.83. The molecule has 0 bridgehead atoms. The summed E-state index contributed by atoms with van der Waals surface area (Å²) in [6.45, 7) is 0.130. The van der Waals surface area contributed by atoms with Gasteiger partial charge in [-0.15, -0.1) is 11.8 Å². The van der Waals surface area contributed by atoms with E-state index in [1.165, 1.54) is 18.9 Å². The highest BCUT2D eigenvalue weighted by atomic mass is 35.5. The van der Waals surface area contributed by atoms with Crippen molar-refractivity contribution in [3.8, 4) is 5.75 Å². The maximum Gasteiger partial charge on any atom is 0.313 e. The third-order valence-corrected chi connectivity index (χ3v) is 3.12. The normalized spacial score (nSPS) is 10.2. The molecule has 0 aliphatic rings. The molecule has 0 aliphatic heterocycles. The summed E-state index contributed by atoms with van der Waals surface area (Å²) in [5, 5.41) is 9.03. The highest BCUT2D eigenvalue weighted by Crippen LogP contribution is 2.27. The number of halogens is 1. The van der Waals surface area contributed by atoms with Gasteiger partial charge in [-0.25, -0.2) is 0 Å². The van der Waals surface area contributed by atoms with E-state index in [1.54, 1.807) is 12.1 Å². The third-order valence-electron chi connectivity index (χ3n) is 1.82. The number of carboxylic acid groups (broad SMARTS) is 1. The van der Waals surface area contributed by atoms with Crippen molar-refractivity contribution in [3.05, 3.63) is 28.8 Å². The highest BCUT2D eigenvalue weighted by molar-refractivity contribution is 7.99. The van der Waals surface area contributed by atoms with Crippen molar-refractivity contribution in [3.63, 3.8) is 0 Å². The number of ether oxygens (including phenoxy) is 2. The lowest BCUT2D eigenvalue weighted by atomic mass is 10.2. The van der Waals surface area contributed by atoms with Crippen LogP contribution in [-0.2, 0) is 15.3 Å². The molecule has 4 nitrogen and oxygen atoms in total. The van der Waals surface area contributed by atoms with Crippen LogP contribution in [0.1, 0.15) is 5.56 Å². The fourth-order valence-corrected chi connectivity index (χ4v) is 1.99. The average Bonchev–Trinajstić information content (AvgIpc) is 2.29. The molecule has 0 aliphatic carbocycles. The fraction of sp³-hybridized carbons (Fsp3) is 0.364. The number of rotatable bonds is 7. The number of benzene rings is 1. The Morgan fingerprint density at radius 2 is 2.29 bits per heavy atom. The van der Waals surface area contributed by atoms with Crippen LogP contribution < -0.4 is 4.74 Å². The van der Waals surface area contributed by atoms with Gasteiger partial charge in [0.1, 0.15) is 5.75 Å². The van der Waals surface area contributed by atoms with E-state index in [4.69, 9.17) is 26.2 Å². The van der Waals surface area contributed by atoms with Crippen molar-refractivity contribution in [1.29, 1.82) is 0 Å². The lowest BCUT2D eigenvalue weighted by molar-refractivity contribution is -0.133. The molecule has 0 atom stereocenters. The van der Waals surface area contributed by atoms with E-state index in [9.17, 15) is 4.79 Å². The van der Waals surface area contributed by atoms with Gasteiger partial charge >= 0.3 is 5.97 Å². The van der Waals surface area contributed by atoms with Gasteiger partial charge in [0.05, 0.1) is 10.8 Å². The van der Waals surface area contributed by atoms with E-state index in [1.807, 2.05) is 6.07 Å². The first-order chi connectivity index (χ1) is 8.13. The zero-order chi connectivity index (χ0) is 12.7. The summed E-state index contributed by atoms with van der Waals surface area (Å²) in [6, 6.07) is 5.36. The lowest BCUT2D eigenvalue weighted by Crippen LogP contribution is -2.00. The second-order valence-corrected chi connectivity index (χ2v) is 4.59. The third kappa shape index (κ3) is 5.30. The number of methoxy groups -OCH3 is 1. The second-order valence-electron chi connectivity index (χ2n) is 3.20. The summed E-state index contributed by atoms with van der Waals surface area (Å²) in [4.78, 5) is 10.4. The Balaban J connectivity index is 2.58. The van der Waals surface area contributed by atoms with Crippen LogP contribution in [0.15, 0.2) is 18.2 Å². The average molecular weight is 277 g/mol. The fourth-order valence-electron chi connectivity index (χ4n) is 1.13. The second kappa shape index (κ2) is 7.42. The molecule has 0 amide bonds. The summed E-state index contributed by atoms with van der Waals surface area (Å²) in [7, 11) is 1.53. The molecule has 0 saturated heterocycles. The molecule has 0 aromatic heterocycles. The Morgan fingerprint density at radius 3 is 2.94 bits per heavy atom. The Morgan fingerprint density at radius 1 is 1.53 bits per heavy atom. The maximum atomic E-state index is 10.4. The van der Waals surface area contributed by atoms with Crippen LogP contribution in [0.3, 0.4) is 0 Å². The number of aliphatic carboxylic acids is 1. The highest BCUT2D eigenvalue weighted by Gasteiger charge is 2.04. The van der Waals surface area contributed by atoms with E-state index in [0.717, 1.165) is 5.56 Å². The molecule has 1 rings (SSSR count). The predicted molar refractivity (Wildman–Crippen MR) is 67.8 cm³/mol. The monoisotopic (exact) mass is 276 g/mol. The Hall–Kier alpha value is -0.910. The van der Waals surface area contributed by atoms with Crippen LogP contribution in [0.25, 0.3) is 0 Å². The first-order valence-corrected chi connectivity index (χ1v) is 6.36. The topological polar surface area (TPSA) is 55.8 Å². The summed E-state index contributed by atoms with van der Waals surface area (Å²) in [6.07, 6.45) is 0. The number of hydrogen-bond donors (Lipinski definition) is 1. The molecule has 17 heavy (non-hydrogen) atoms. The maximum absolute atomic E-state index is 10.4. The molecule has 0 saturated carbocycles. The van der Waals surface area contributed by atoms with E-state index >= 15 is 0 Å². The van der Waals surface area contributed by atoms with Gasteiger partial charge in [0.25, 0.3) is 0 Å². The van der Waals surface area contributed by atoms with E-state index in [-0.39, 0.29) is 12.5 Å². The van der Waals surface area contributed by atoms with Gasteiger partial charge < -0.3 is 14.6 Å². The molecule has 1 aromatic carbocycles. The summed E-state index contributed by atoms with van der Waals surface area (Å²) >= 11 is 7.26. The van der Waals surface area contributed by atoms with Crippen LogP contribution in [-0.4, -0.2) is 30.7 Å². The van der Waals surface area contributed by atoms with Crippen molar-refractivity contribution >= 4 is 29.3 Å². The van der Waals surface area contributed by atoms with Gasteiger partial charge in [0, 0.05) is 12.9 Å². The minimum Gasteiger partial charge on any atom is -0.481 e. The minimum atomic E-state index is -0.820. The molecule has 1 N–H and O–H groups in total. The van der Waals surface area contributed by atoms with Crippen LogP contribution in [0.2, 0.25) is 5.02 Å². The SMILES string of the molecule is COCOc1cc(CSCC(=O)O)ccc1Cl. The molecule has 6 heteroatoms. The van der Waals surface area contributed by atoms with Gasteiger partial charge in [0.2, 0.25) is 0 Å². The van der Waals surface area contributed by atoms with Crippen molar-refractivity contribution in [1.82, 2.24) is 0 Å². The number of carboxylic acids is 1. The largest absolute Gasteiger partial charge is 0.481 e. The van der Waals surface area contributed by atoms with Gasteiger partial charge in [0.15, 0.2) is 6.79 Å². The number of hydrogen-bond acceptors (Lipinski definition) is 4. The van der Waals surface area contributed by atoms with Gasteiger partial charge in [-0.1, -0.05) is 17.7 Å². The van der Waals surface area contributed by atoms with Crippen LogP contribution in [0.5, 0.6) is 5.75 Å². The molecule has 0 fully saturated rings. The van der Waals surface area contributed by atoms with Crippen molar-refractivity contribution < 1.29 is 19.4 Å². The van der Waals surface area contributed by atoms with E-state index in [2.05, 4.69) is 0 Å². The molecule has 0 spiro atoms. The smallest absolute Gasteiger partial charge is 0.313 e. The summed E-state index contributed by atoms with van der Waals surface area (Å²) < 4.78 is 10.1. The van der Waals surface area contributed by atoms with Gasteiger partial charge in [-0.2, -0.15) is 0 Å². The molecule has 0 heterocycles. The van der Waals surface area contributed by atoms with Crippen LogP contribution >= 0.6 is 23.4 Å². The Labute approximate surface area is 109 Å². The van der Waals surface area contributed by atoms with Crippen molar-refractivity contribution in [2.24, 2.45) is 0 Å². The lowest BCUT2D eigenvalue weighted by Gasteiger charge is -2.08. The van der Waals surface area contributed by atoms with Crippen LogP contribution in [0, 0.1) is 0 Å². The molecule has 0 radical (unpaired) electrons. The minimum absolute atomic E-state index is 0.0802. The zero-order valence-corrected chi connectivity index (χ0v) is 10.9. The quantitative estimate of drug-likeness (QED) is 0.776. The van der Waals surface area contributed by atoms with Crippen molar-refractivity contribution in [2.75, 3.05) is 19.7 Å². The van der Waals surface area contributed by atoms with Gasteiger partial charge in [-0.05, 0) is 17.7 Å². The predicted octanol–water partition coefficient (Wildman–Crippen LogP) is 2.64. The molecular formula is C11H13ClO4S. The van der Waals surface area contributed by atoms with E-state index in [0.29, 0.717) is 16.5 Å². The van der Waals surface area contributed by atoms with E-state index < -0.39 is 5.97 Å². The number of thioether (sulfide) groups is 1. The molecule has 1 aromatic rings. The molecular weight excluding hydrogens is 264 g/mol. The Bertz CT molecular complexity index is 384. The summed E-state index contributed by atoms with van der Waals surface area (Å²) in [5.41, 5.74) is 0.965. The Kier molecular flexibility index (Phi) is 6.18. The van der Waals surface area contributed by atoms with Crippen molar-refractivity contribution in [2.45, 2.75) is 5.75 Å². The molecule has 0 unspecified atom stereocenters. The molecule has 94 valence electrons. The standard InChI is InChI=1S/C11H13ClO4S/c1-15-7-16-10-4-8(2-3-9(10)12)5-17-6-11(13)14/h2-4H,5-7H2,1H3,(H,13,14). The number of carbonyl (C=O) groups is 1.